The molecule has 0 atom stereocenters. The van der Waals surface area contributed by atoms with Gasteiger partial charge in [0.25, 0.3) is 0 Å². The largest absolute Gasteiger partial charge is 0.484 e. The summed E-state index contributed by atoms with van der Waals surface area (Å²) in [5, 5.41) is 4.51. The Morgan fingerprint density at radius 3 is 2.81 bits per heavy atom. The number of halogens is 2. The summed E-state index contributed by atoms with van der Waals surface area (Å²) in [6, 6.07) is 7.09. The van der Waals surface area contributed by atoms with E-state index in [0.29, 0.717) is 28.3 Å². The highest BCUT2D eigenvalue weighted by Crippen LogP contribution is 2.28. The average Bonchev–Trinajstić information content (AvgIpc) is 2.87. The Kier molecular flexibility index (Phi) is 5.97. The molecular weight excluding hydrogens is 309 g/mol. The van der Waals surface area contributed by atoms with Gasteiger partial charge in [0.05, 0.1) is 11.3 Å². The van der Waals surface area contributed by atoms with Gasteiger partial charge < -0.3 is 14.5 Å². The summed E-state index contributed by atoms with van der Waals surface area (Å²) >= 11 is 12.0. The molecule has 0 amide bonds. The first kappa shape index (κ1) is 16.2. The second-order valence-electron chi connectivity index (χ2n) is 5.26. The van der Waals surface area contributed by atoms with Crippen molar-refractivity contribution in [1.82, 2.24) is 5.32 Å². The maximum absolute atomic E-state index is 6.07. The zero-order chi connectivity index (χ0) is 15.2. The van der Waals surface area contributed by atoms with Crippen molar-refractivity contribution >= 4 is 23.2 Å². The maximum atomic E-state index is 6.07. The van der Waals surface area contributed by atoms with Crippen LogP contribution in [0.4, 0.5) is 0 Å². The van der Waals surface area contributed by atoms with Crippen LogP contribution in [0.15, 0.2) is 34.9 Å². The fraction of sp³-hybridized carbons (Fsp3) is 0.375. The van der Waals surface area contributed by atoms with Gasteiger partial charge in [0.2, 0.25) is 0 Å². The van der Waals surface area contributed by atoms with Gasteiger partial charge in [0.15, 0.2) is 0 Å². The summed E-state index contributed by atoms with van der Waals surface area (Å²) in [7, 11) is 0. The Hall–Kier alpha value is -1.16. The summed E-state index contributed by atoms with van der Waals surface area (Å²) in [4.78, 5) is 0. The Morgan fingerprint density at radius 1 is 1.24 bits per heavy atom. The van der Waals surface area contributed by atoms with Crippen molar-refractivity contribution in [3.8, 4) is 5.75 Å². The summed E-state index contributed by atoms with van der Waals surface area (Å²) in [6.07, 6.45) is 1.67. The minimum atomic E-state index is 0.325. The van der Waals surface area contributed by atoms with Gasteiger partial charge in [-0.05, 0) is 30.7 Å². The summed E-state index contributed by atoms with van der Waals surface area (Å²) < 4.78 is 11.2. The van der Waals surface area contributed by atoms with Crippen LogP contribution in [-0.2, 0) is 13.2 Å². The zero-order valence-electron chi connectivity index (χ0n) is 12.2. The van der Waals surface area contributed by atoms with Crippen molar-refractivity contribution in [3.05, 3.63) is 51.9 Å². The third-order valence-electron chi connectivity index (χ3n) is 2.96. The van der Waals surface area contributed by atoms with E-state index in [1.54, 1.807) is 24.5 Å². The van der Waals surface area contributed by atoms with Crippen LogP contribution in [0.5, 0.6) is 5.75 Å². The van der Waals surface area contributed by atoms with Crippen molar-refractivity contribution in [2.45, 2.75) is 27.0 Å². The minimum Gasteiger partial charge on any atom is -0.484 e. The Labute approximate surface area is 135 Å². The Morgan fingerprint density at radius 2 is 2.05 bits per heavy atom. The number of ether oxygens (including phenoxy) is 1. The lowest BCUT2D eigenvalue weighted by atomic mass is 10.2. The molecule has 1 aromatic heterocycles. The minimum absolute atomic E-state index is 0.325. The molecule has 0 aliphatic rings. The van der Waals surface area contributed by atoms with Crippen LogP contribution in [-0.4, -0.2) is 6.54 Å². The molecule has 3 nitrogen and oxygen atoms in total. The van der Waals surface area contributed by atoms with Gasteiger partial charge >= 0.3 is 0 Å². The molecule has 21 heavy (non-hydrogen) atoms. The lowest BCUT2D eigenvalue weighted by Gasteiger charge is -2.10. The average molecular weight is 328 g/mol. The van der Waals surface area contributed by atoms with Crippen molar-refractivity contribution < 1.29 is 9.15 Å². The molecule has 0 unspecified atom stereocenters. The van der Waals surface area contributed by atoms with E-state index in [-0.39, 0.29) is 0 Å². The highest BCUT2D eigenvalue weighted by atomic mass is 35.5. The number of nitrogens with one attached hydrogen (secondary N) is 1. The number of rotatable bonds is 7. The van der Waals surface area contributed by atoms with Gasteiger partial charge in [-0.25, -0.2) is 0 Å². The van der Waals surface area contributed by atoms with Crippen molar-refractivity contribution in [2.75, 3.05) is 6.54 Å². The molecule has 2 rings (SSSR count). The first-order chi connectivity index (χ1) is 10.1. The molecule has 0 spiro atoms. The molecule has 0 bridgehead atoms. The first-order valence-corrected chi connectivity index (χ1v) is 7.65. The highest BCUT2D eigenvalue weighted by Gasteiger charge is 2.09. The van der Waals surface area contributed by atoms with E-state index >= 15 is 0 Å². The van der Waals surface area contributed by atoms with Gasteiger partial charge in [-0.3, -0.25) is 0 Å². The fourth-order valence-electron chi connectivity index (χ4n) is 1.88. The van der Waals surface area contributed by atoms with Crippen molar-refractivity contribution in [2.24, 2.45) is 5.92 Å². The van der Waals surface area contributed by atoms with E-state index in [1.165, 1.54) is 0 Å². The second-order valence-corrected chi connectivity index (χ2v) is 6.10. The van der Waals surface area contributed by atoms with Gasteiger partial charge in [-0.15, -0.1) is 0 Å². The number of furan rings is 1. The quantitative estimate of drug-likeness (QED) is 0.784. The van der Waals surface area contributed by atoms with Gasteiger partial charge in [0, 0.05) is 23.2 Å². The molecular formula is C16H19Cl2NO2. The summed E-state index contributed by atoms with van der Waals surface area (Å²) in [5.41, 5.74) is 1.09. The molecule has 1 N–H and O–H groups in total. The van der Waals surface area contributed by atoms with Gasteiger partial charge in [0.1, 0.15) is 18.1 Å². The zero-order valence-corrected chi connectivity index (χ0v) is 13.7. The fourth-order valence-corrected chi connectivity index (χ4v) is 2.21. The molecule has 0 fully saturated rings. The van der Waals surface area contributed by atoms with Crippen molar-refractivity contribution in [1.29, 1.82) is 0 Å². The summed E-state index contributed by atoms with van der Waals surface area (Å²) in [6.45, 7) is 6.40. The van der Waals surface area contributed by atoms with Crippen LogP contribution in [0, 0.1) is 5.92 Å². The Balaban J connectivity index is 1.94. The van der Waals surface area contributed by atoms with E-state index in [2.05, 4.69) is 19.2 Å². The predicted molar refractivity (Wildman–Crippen MR) is 86.0 cm³/mol. The van der Waals surface area contributed by atoms with Gasteiger partial charge in [-0.1, -0.05) is 37.0 Å². The summed E-state index contributed by atoms with van der Waals surface area (Å²) in [5.74, 6) is 1.96. The number of benzene rings is 1. The van der Waals surface area contributed by atoms with E-state index in [1.807, 2.05) is 6.07 Å². The predicted octanol–water partition coefficient (Wildman–Crippen LogP) is 4.91. The molecule has 0 saturated heterocycles. The molecule has 0 aliphatic heterocycles. The lowest BCUT2D eigenvalue weighted by molar-refractivity contribution is 0.268. The molecule has 2 aromatic rings. The molecule has 0 aliphatic carbocycles. The van der Waals surface area contributed by atoms with E-state index in [4.69, 9.17) is 32.4 Å². The topological polar surface area (TPSA) is 34.4 Å². The standard InChI is InChI=1S/C16H19Cl2NO2/c1-11(2)8-19-9-12-5-6-20-16(12)10-21-15-7-13(17)3-4-14(15)18/h3-7,11,19H,8-10H2,1-2H3. The number of hydrogen-bond donors (Lipinski definition) is 1. The first-order valence-electron chi connectivity index (χ1n) is 6.90. The van der Waals surface area contributed by atoms with Crippen LogP contribution in [0.2, 0.25) is 10.0 Å². The maximum Gasteiger partial charge on any atom is 0.146 e. The number of hydrogen-bond acceptors (Lipinski definition) is 3. The van der Waals surface area contributed by atoms with E-state index in [9.17, 15) is 0 Å². The molecule has 0 radical (unpaired) electrons. The van der Waals surface area contributed by atoms with Crippen LogP contribution < -0.4 is 10.1 Å². The van der Waals surface area contributed by atoms with Crippen molar-refractivity contribution in [3.63, 3.8) is 0 Å². The third kappa shape index (κ3) is 4.95. The molecule has 1 heterocycles. The highest BCUT2D eigenvalue weighted by molar-refractivity contribution is 6.34. The van der Waals surface area contributed by atoms with E-state index < -0.39 is 0 Å². The second kappa shape index (κ2) is 7.74. The molecule has 0 saturated carbocycles. The molecule has 114 valence electrons. The molecule has 5 heteroatoms. The van der Waals surface area contributed by atoms with Crippen LogP contribution in [0.1, 0.15) is 25.2 Å². The molecule has 1 aromatic carbocycles. The monoisotopic (exact) mass is 327 g/mol. The van der Waals surface area contributed by atoms with Crippen LogP contribution >= 0.6 is 23.2 Å². The third-order valence-corrected chi connectivity index (χ3v) is 3.51. The Bertz CT molecular complexity index is 581. The van der Waals surface area contributed by atoms with Gasteiger partial charge in [-0.2, -0.15) is 0 Å². The lowest BCUT2D eigenvalue weighted by Crippen LogP contribution is -2.19. The normalized spacial score (nSPS) is 11.1. The van der Waals surface area contributed by atoms with Crippen LogP contribution in [0.25, 0.3) is 0 Å². The van der Waals surface area contributed by atoms with Crippen LogP contribution in [0.3, 0.4) is 0 Å². The SMILES string of the molecule is CC(C)CNCc1ccoc1COc1cc(Cl)ccc1Cl. The van der Waals surface area contributed by atoms with E-state index in [0.717, 1.165) is 24.4 Å². The smallest absolute Gasteiger partial charge is 0.146 e.